The van der Waals surface area contributed by atoms with E-state index in [-0.39, 0.29) is 6.61 Å². The fourth-order valence-corrected chi connectivity index (χ4v) is 2.27. The summed E-state index contributed by atoms with van der Waals surface area (Å²) in [6.45, 7) is 0.115. The fourth-order valence-electron chi connectivity index (χ4n) is 2.27. The molecule has 0 fully saturated rings. The van der Waals surface area contributed by atoms with Crippen molar-refractivity contribution in [2.75, 3.05) is 6.61 Å². The average Bonchev–Trinajstić information content (AvgIpc) is 2.95. The van der Waals surface area contributed by atoms with Crippen LogP contribution in [0.25, 0.3) is 22.3 Å². The molecule has 0 radical (unpaired) electrons. The smallest absolute Gasteiger partial charge is 0.111 e. The van der Waals surface area contributed by atoms with Crippen molar-refractivity contribution >= 4 is 11.0 Å². The van der Waals surface area contributed by atoms with Crippen LogP contribution in [0.1, 0.15) is 5.82 Å². The van der Waals surface area contributed by atoms with Gasteiger partial charge in [0, 0.05) is 32.3 Å². The van der Waals surface area contributed by atoms with Crippen LogP contribution in [0.4, 0.5) is 0 Å². The molecule has 0 atom stereocenters. The van der Waals surface area contributed by atoms with Crippen LogP contribution in [0.15, 0.2) is 30.7 Å². The van der Waals surface area contributed by atoms with Gasteiger partial charge in [-0.15, -0.1) is 0 Å². The molecule has 0 saturated heterocycles. The molecular formula is C14H16N4O. The van der Waals surface area contributed by atoms with Gasteiger partial charge in [-0.25, -0.2) is 9.97 Å². The molecule has 3 aromatic rings. The van der Waals surface area contributed by atoms with Gasteiger partial charge in [-0.2, -0.15) is 0 Å². The van der Waals surface area contributed by atoms with E-state index < -0.39 is 0 Å². The van der Waals surface area contributed by atoms with E-state index in [0.29, 0.717) is 6.42 Å². The van der Waals surface area contributed by atoms with Crippen molar-refractivity contribution in [1.29, 1.82) is 0 Å². The number of aliphatic hydroxyl groups excluding tert-OH is 1. The van der Waals surface area contributed by atoms with Crippen molar-refractivity contribution in [3.8, 4) is 11.3 Å². The molecule has 1 N–H and O–H groups in total. The van der Waals surface area contributed by atoms with Gasteiger partial charge in [-0.1, -0.05) is 6.07 Å². The third kappa shape index (κ3) is 2.02. The van der Waals surface area contributed by atoms with Gasteiger partial charge >= 0.3 is 0 Å². The molecule has 5 heteroatoms. The first kappa shape index (κ1) is 11.9. The van der Waals surface area contributed by atoms with E-state index in [1.807, 2.05) is 41.8 Å². The number of benzene rings is 1. The molecular weight excluding hydrogens is 240 g/mol. The molecule has 0 unspecified atom stereocenters. The van der Waals surface area contributed by atoms with Crippen molar-refractivity contribution in [1.82, 2.24) is 19.1 Å². The summed E-state index contributed by atoms with van der Waals surface area (Å²) in [4.78, 5) is 8.91. The number of rotatable bonds is 3. The van der Waals surface area contributed by atoms with Gasteiger partial charge in [0.2, 0.25) is 0 Å². The van der Waals surface area contributed by atoms with Crippen LogP contribution >= 0.6 is 0 Å². The van der Waals surface area contributed by atoms with E-state index in [4.69, 9.17) is 5.11 Å². The topological polar surface area (TPSA) is 55.9 Å². The Labute approximate surface area is 111 Å². The van der Waals surface area contributed by atoms with Crippen LogP contribution in [-0.4, -0.2) is 30.8 Å². The maximum absolute atomic E-state index is 9.00. The van der Waals surface area contributed by atoms with Crippen molar-refractivity contribution in [3.63, 3.8) is 0 Å². The third-order valence-corrected chi connectivity index (χ3v) is 3.33. The number of aryl methyl sites for hydroxylation is 2. The van der Waals surface area contributed by atoms with Gasteiger partial charge in [-0.3, -0.25) is 0 Å². The maximum atomic E-state index is 9.00. The monoisotopic (exact) mass is 256 g/mol. The molecule has 0 aliphatic rings. The van der Waals surface area contributed by atoms with Crippen molar-refractivity contribution < 1.29 is 5.11 Å². The Kier molecular flexibility index (Phi) is 2.83. The fraction of sp³-hybridized carbons (Fsp3) is 0.286. The normalized spacial score (nSPS) is 11.3. The SMILES string of the molecule is Cn1cc(-c2ccc3c(c2)ncn3C)nc1CCO. The molecule has 0 aliphatic heterocycles. The quantitative estimate of drug-likeness (QED) is 0.772. The minimum absolute atomic E-state index is 0.115. The number of hydrogen-bond donors (Lipinski definition) is 1. The lowest BCUT2D eigenvalue weighted by molar-refractivity contribution is 0.295. The maximum Gasteiger partial charge on any atom is 0.111 e. The van der Waals surface area contributed by atoms with Crippen LogP contribution < -0.4 is 0 Å². The highest BCUT2D eigenvalue weighted by atomic mass is 16.3. The molecule has 0 aliphatic carbocycles. The Morgan fingerprint density at radius 2 is 2.05 bits per heavy atom. The van der Waals surface area contributed by atoms with Crippen molar-refractivity contribution in [3.05, 3.63) is 36.5 Å². The largest absolute Gasteiger partial charge is 0.396 e. The molecule has 5 nitrogen and oxygen atoms in total. The van der Waals surface area contributed by atoms with Crippen LogP contribution in [0.3, 0.4) is 0 Å². The third-order valence-electron chi connectivity index (χ3n) is 3.33. The van der Waals surface area contributed by atoms with Gasteiger partial charge in [0.05, 0.1) is 29.7 Å². The lowest BCUT2D eigenvalue weighted by Gasteiger charge is -1.98. The summed E-state index contributed by atoms with van der Waals surface area (Å²) in [5, 5.41) is 9.00. The van der Waals surface area contributed by atoms with Crippen LogP contribution in [0.2, 0.25) is 0 Å². The summed E-state index contributed by atoms with van der Waals surface area (Å²) in [6, 6.07) is 6.15. The lowest BCUT2D eigenvalue weighted by atomic mass is 10.1. The van der Waals surface area contributed by atoms with Crippen LogP contribution in [0.5, 0.6) is 0 Å². The van der Waals surface area contributed by atoms with Gasteiger partial charge in [0.25, 0.3) is 0 Å². The molecule has 98 valence electrons. The van der Waals surface area contributed by atoms with E-state index in [9.17, 15) is 0 Å². The highest BCUT2D eigenvalue weighted by Crippen LogP contribution is 2.23. The predicted molar refractivity (Wildman–Crippen MR) is 73.7 cm³/mol. The second-order valence-electron chi connectivity index (χ2n) is 4.69. The Hall–Kier alpha value is -2.14. The summed E-state index contributed by atoms with van der Waals surface area (Å²) in [7, 11) is 3.93. The van der Waals surface area contributed by atoms with E-state index >= 15 is 0 Å². The zero-order valence-corrected chi connectivity index (χ0v) is 11.0. The lowest BCUT2D eigenvalue weighted by Crippen LogP contribution is -1.99. The average molecular weight is 256 g/mol. The van der Waals surface area contributed by atoms with Crippen LogP contribution in [-0.2, 0) is 20.5 Å². The Bertz CT molecular complexity index is 726. The summed E-state index contributed by atoms with van der Waals surface area (Å²) in [5.41, 5.74) is 4.04. The Balaban J connectivity index is 2.05. The minimum atomic E-state index is 0.115. The zero-order valence-electron chi connectivity index (χ0n) is 11.0. The number of imidazole rings is 2. The predicted octanol–water partition coefficient (Wildman–Crippen LogP) is 1.51. The molecule has 2 heterocycles. The number of aromatic nitrogens is 4. The molecule has 19 heavy (non-hydrogen) atoms. The van der Waals surface area contributed by atoms with Gasteiger partial charge in [0.1, 0.15) is 5.82 Å². The van der Waals surface area contributed by atoms with Gasteiger partial charge in [0.15, 0.2) is 0 Å². The highest BCUT2D eigenvalue weighted by Gasteiger charge is 2.08. The number of nitrogens with zero attached hydrogens (tertiary/aromatic N) is 4. The van der Waals surface area contributed by atoms with Gasteiger partial charge < -0.3 is 14.2 Å². The van der Waals surface area contributed by atoms with E-state index in [1.165, 1.54) is 0 Å². The number of hydrogen-bond acceptors (Lipinski definition) is 3. The highest BCUT2D eigenvalue weighted by molar-refractivity contribution is 5.81. The molecule has 0 saturated carbocycles. The standard InChI is InChI=1S/C14H16N4O/c1-17-8-12(16-14(17)5-6-19)10-3-4-13-11(7-10)15-9-18(13)2/h3-4,7-9,19H,5-6H2,1-2H3. The molecule has 1 aromatic carbocycles. The summed E-state index contributed by atoms with van der Waals surface area (Å²) in [6.07, 6.45) is 4.36. The molecule has 2 aromatic heterocycles. The first-order valence-electron chi connectivity index (χ1n) is 6.23. The van der Waals surface area contributed by atoms with Crippen LogP contribution in [0, 0.1) is 0 Å². The summed E-state index contributed by atoms with van der Waals surface area (Å²) >= 11 is 0. The molecule has 0 bridgehead atoms. The van der Waals surface area contributed by atoms with Crippen molar-refractivity contribution in [2.24, 2.45) is 14.1 Å². The molecule has 3 rings (SSSR count). The zero-order chi connectivity index (χ0) is 13.4. The van der Waals surface area contributed by atoms with Gasteiger partial charge in [-0.05, 0) is 12.1 Å². The minimum Gasteiger partial charge on any atom is -0.396 e. The van der Waals surface area contributed by atoms with Crippen molar-refractivity contribution in [2.45, 2.75) is 6.42 Å². The number of aliphatic hydroxyl groups is 1. The molecule has 0 amide bonds. The molecule has 0 spiro atoms. The summed E-state index contributed by atoms with van der Waals surface area (Å²) in [5.74, 6) is 0.888. The first-order chi connectivity index (χ1) is 9.19. The first-order valence-corrected chi connectivity index (χ1v) is 6.23. The second-order valence-corrected chi connectivity index (χ2v) is 4.69. The Morgan fingerprint density at radius 1 is 1.21 bits per heavy atom. The van der Waals surface area contributed by atoms with E-state index in [1.54, 1.807) is 0 Å². The van der Waals surface area contributed by atoms with E-state index in [2.05, 4.69) is 22.1 Å². The summed E-state index contributed by atoms with van der Waals surface area (Å²) < 4.78 is 3.95. The number of fused-ring (bicyclic) bond motifs is 1. The van der Waals surface area contributed by atoms with E-state index in [0.717, 1.165) is 28.1 Å². The second kappa shape index (κ2) is 4.51. The Morgan fingerprint density at radius 3 is 2.84 bits per heavy atom.